The Labute approximate surface area is 105 Å². The summed E-state index contributed by atoms with van der Waals surface area (Å²) in [6.45, 7) is 0. The fraction of sp³-hybridized carbons (Fsp3) is 0.154. The summed E-state index contributed by atoms with van der Waals surface area (Å²) < 4.78 is 1.86. The molecule has 17 heavy (non-hydrogen) atoms. The number of imidazole rings is 1. The highest BCUT2D eigenvalue weighted by molar-refractivity contribution is 7.80. The van der Waals surface area contributed by atoms with Gasteiger partial charge < -0.3 is 0 Å². The van der Waals surface area contributed by atoms with Crippen molar-refractivity contribution < 1.29 is 0 Å². The minimum atomic E-state index is 0.723. The molecular weight excluding hydrogens is 230 g/mol. The van der Waals surface area contributed by atoms with Crippen LogP contribution in [0.3, 0.4) is 0 Å². The predicted molar refractivity (Wildman–Crippen MR) is 72.1 cm³/mol. The molecule has 84 valence electrons. The lowest BCUT2D eigenvalue weighted by atomic mass is 10.1. The second kappa shape index (κ2) is 4.22. The van der Waals surface area contributed by atoms with Crippen LogP contribution in [0.15, 0.2) is 48.0 Å². The van der Waals surface area contributed by atoms with Crippen LogP contribution in [-0.2, 0) is 6.42 Å². The van der Waals surface area contributed by atoms with Crippen molar-refractivity contribution in [1.29, 1.82) is 0 Å². The molecule has 3 nitrogen and oxygen atoms in total. The minimum absolute atomic E-state index is 0.723. The molecule has 1 aliphatic rings. The Balaban J connectivity index is 1.76. The van der Waals surface area contributed by atoms with Gasteiger partial charge in [-0.1, -0.05) is 30.4 Å². The number of thiocarbonyl (C=S) groups is 1. The number of hydrogen-bond acceptors (Lipinski definition) is 3. The molecule has 0 unspecified atom stereocenters. The first kappa shape index (κ1) is 10.4. The van der Waals surface area contributed by atoms with Crippen LogP contribution in [-0.4, -0.2) is 20.3 Å². The van der Waals surface area contributed by atoms with Crippen LogP contribution in [0, 0.1) is 0 Å². The lowest BCUT2D eigenvalue weighted by Gasteiger charge is -2.03. The van der Waals surface area contributed by atoms with Crippen molar-refractivity contribution in [1.82, 2.24) is 9.55 Å². The molecule has 0 saturated heterocycles. The van der Waals surface area contributed by atoms with E-state index in [1.54, 1.807) is 12.5 Å². The van der Waals surface area contributed by atoms with Gasteiger partial charge in [0.25, 0.3) is 0 Å². The van der Waals surface area contributed by atoms with Gasteiger partial charge in [0.15, 0.2) is 0 Å². The number of hydrogen-bond donors (Lipinski definition) is 0. The molecule has 0 spiro atoms. The van der Waals surface area contributed by atoms with Crippen LogP contribution in [0.4, 0.5) is 5.69 Å². The molecule has 0 fully saturated rings. The van der Waals surface area contributed by atoms with E-state index in [2.05, 4.69) is 16.0 Å². The molecule has 0 N–H and O–H groups in total. The van der Waals surface area contributed by atoms with E-state index in [4.69, 9.17) is 12.2 Å². The predicted octanol–water partition coefficient (Wildman–Crippen LogP) is 2.78. The monoisotopic (exact) mass is 241 g/mol. The summed E-state index contributed by atoms with van der Waals surface area (Å²) in [4.78, 5) is 9.43. The van der Waals surface area contributed by atoms with E-state index in [9.17, 15) is 0 Å². The summed E-state index contributed by atoms with van der Waals surface area (Å²) in [7, 11) is 0. The summed E-state index contributed by atoms with van der Waals surface area (Å²) in [5.74, 6) is 0. The van der Waals surface area contributed by atoms with E-state index < -0.39 is 0 Å². The molecule has 1 aliphatic heterocycles. The molecule has 0 aliphatic carbocycles. The molecule has 1 aromatic carbocycles. The minimum Gasteiger partial charge on any atom is -0.300 e. The molecule has 0 radical (unpaired) electrons. The van der Waals surface area contributed by atoms with Gasteiger partial charge in [-0.05, 0) is 11.6 Å². The Kier molecular flexibility index (Phi) is 2.57. The third-order valence-electron chi connectivity index (χ3n) is 2.81. The zero-order valence-electron chi connectivity index (χ0n) is 9.21. The standard InChI is InChI=1S/C13H11N3S/c17-13(16-6-5-14-9-16)8-11-7-10-3-1-2-4-12(10)15-11/h1-6,9H,7-8H2. The third kappa shape index (κ3) is 2.03. The third-order valence-corrected chi connectivity index (χ3v) is 3.17. The molecule has 0 amide bonds. The van der Waals surface area contributed by atoms with Gasteiger partial charge in [0.2, 0.25) is 0 Å². The average Bonchev–Trinajstić information content (AvgIpc) is 2.97. The van der Waals surface area contributed by atoms with Crippen molar-refractivity contribution in [3.8, 4) is 0 Å². The van der Waals surface area contributed by atoms with Crippen LogP contribution in [0.5, 0.6) is 0 Å². The number of aliphatic imine (C=N–C) groups is 1. The number of para-hydroxylation sites is 1. The van der Waals surface area contributed by atoms with Gasteiger partial charge in [-0.2, -0.15) is 0 Å². The number of nitrogens with zero attached hydrogens (tertiary/aromatic N) is 3. The Morgan fingerprint density at radius 3 is 3.00 bits per heavy atom. The summed E-state index contributed by atoms with van der Waals surface area (Å²) in [6.07, 6.45) is 6.96. The molecule has 0 bridgehead atoms. The molecule has 3 rings (SSSR count). The summed E-state index contributed by atoms with van der Waals surface area (Å²) >= 11 is 5.36. The van der Waals surface area contributed by atoms with Gasteiger partial charge in [-0.3, -0.25) is 9.56 Å². The lowest BCUT2D eigenvalue weighted by molar-refractivity contribution is 1.13. The molecule has 4 heteroatoms. The highest BCUT2D eigenvalue weighted by atomic mass is 32.1. The largest absolute Gasteiger partial charge is 0.300 e. The Bertz CT molecular complexity index is 584. The van der Waals surface area contributed by atoms with Gasteiger partial charge in [0.1, 0.15) is 0 Å². The molecular formula is C13H11N3S. The van der Waals surface area contributed by atoms with E-state index in [1.165, 1.54) is 5.56 Å². The maximum atomic E-state index is 5.36. The van der Waals surface area contributed by atoms with Crippen molar-refractivity contribution in [2.45, 2.75) is 12.8 Å². The van der Waals surface area contributed by atoms with E-state index in [-0.39, 0.29) is 0 Å². The number of rotatable bonds is 2. The van der Waals surface area contributed by atoms with Crippen molar-refractivity contribution in [3.63, 3.8) is 0 Å². The quantitative estimate of drug-likeness (QED) is 0.757. The number of fused-ring (bicyclic) bond motifs is 1. The van der Waals surface area contributed by atoms with Gasteiger partial charge >= 0.3 is 0 Å². The van der Waals surface area contributed by atoms with Gasteiger partial charge in [0, 0.05) is 30.9 Å². The highest BCUT2D eigenvalue weighted by Crippen LogP contribution is 2.26. The number of aromatic nitrogens is 2. The molecule has 0 saturated carbocycles. The van der Waals surface area contributed by atoms with Crippen LogP contribution in [0.25, 0.3) is 0 Å². The summed E-state index contributed by atoms with van der Waals surface area (Å²) in [6, 6.07) is 8.22. The van der Waals surface area contributed by atoms with Crippen molar-refractivity contribution in [2.75, 3.05) is 0 Å². The fourth-order valence-corrected chi connectivity index (χ4v) is 2.25. The molecule has 2 heterocycles. The fourth-order valence-electron chi connectivity index (χ4n) is 1.97. The van der Waals surface area contributed by atoms with Crippen LogP contribution >= 0.6 is 12.2 Å². The first-order valence-corrected chi connectivity index (χ1v) is 5.89. The van der Waals surface area contributed by atoms with E-state index >= 15 is 0 Å². The topological polar surface area (TPSA) is 30.2 Å². The zero-order chi connectivity index (χ0) is 11.7. The van der Waals surface area contributed by atoms with Crippen molar-refractivity contribution in [3.05, 3.63) is 48.5 Å². The van der Waals surface area contributed by atoms with E-state index in [0.717, 1.165) is 29.2 Å². The summed E-state index contributed by atoms with van der Waals surface area (Å²) in [5.41, 5.74) is 3.50. The smallest absolute Gasteiger partial charge is 0.0995 e. The molecule has 1 aromatic heterocycles. The van der Waals surface area contributed by atoms with E-state index in [1.807, 2.05) is 29.0 Å². The van der Waals surface area contributed by atoms with Crippen LogP contribution < -0.4 is 0 Å². The number of benzene rings is 1. The molecule has 0 atom stereocenters. The summed E-state index contributed by atoms with van der Waals surface area (Å²) in [5, 5.41) is 0. The normalized spacial score (nSPS) is 13.3. The maximum absolute atomic E-state index is 5.36. The molecule has 2 aromatic rings. The second-order valence-corrected chi connectivity index (χ2v) is 4.50. The maximum Gasteiger partial charge on any atom is 0.0995 e. The SMILES string of the molecule is S=C(CC1=Nc2ccccc2C1)n1ccnc1. The zero-order valence-corrected chi connectivity index (χ0v) is 10.0. The van der Waals surface area contributed by atoms with Crippen LogP contribution in [0.2, 0.25) is 0 Å². The second-order valence-electron chi connectivity index (χ2n) is 4.02. The van der Waals surface area contributed by atoms with Gasteiger partial charge in [-0.15, -0.1) is 0 Å². The first-order valence-electron chi connectivity index (χ1n) is 5.48. The average molecular weight is 241 g/mol. The lowest BCUT2D eigenvalue weighted by Crippen LogP contribution is -2.12. The van der Waals surface area contributed by atoms with Crippen LogP contribution in [0.1, 0.15) is 12.0 Å². The highest BCUT2D eigenvalue weighted by Gasteiger charge is 2.15. The first-order chi connectivity index (χ1) is 8.33. The Hall–Kier alpha value is -1.81. The van der Waals surface area contributed by atoms with Gasteiger partial charge in [-0.25, -0.2) is 4.98 Å². The Morgan fingerprint density at radius 1 is 1.35 bits per heavy atom. The van der Waals surface area contributed by atoms with Crippen molar-refractivity contribution in [2.24, 2.45) is 4.99 Å². The van der Waals surface area contributed by atoms with Gasteiger partial charge in [0.05, 0.1) is 17.0 Å². The Morgan fingerprint density at radius 2 is 2.24 bits per heavy atom. The van der Waals surface area contributed by atoms with Crippen molar-refractivity contribution >= 4 is 28.6 Å². The van der Waals surface area contributed by atoms with E-state index in [0.29, 0.717) is 0 Å².